The van der Waals surface area contributed by atoms with E-state index in [0.717, 1.165) is 0 Å². The van der Waals surface area contributed by atoms with Crippen molar-refractivity contribution < 1.29 is 24.2 Å². The zero-order valence-corrected chi connectivity index (χ0v) is 11.6. The Hall–Kier alpha value is -1.30. The standard InChI is InChI=1S/C13H21NO5/c1-12(2,3)19-11(17)14-6-7-18-9(8-14)13(4-5-13)10(15)16/h9H,4-8H2,1-3H3,(H,15,16). The Labute approximate surface area is 112 Å². The molecular weight excluding hydrogens is 250 g/mol. The highest BCUT2D eigenvalue weighted by molar-refractivity contribution is 5.79. The molecule has 1 amide bonds. The van der Waals surface area contributed by atoms with Gasteiger partial charge in [0.2, 0.25) is 0 Å². The summed E-state index contributed by atoms with van der Waals surface area (Å²) in [6.07, 6.45) is 0.415. The predicted molar refractivity (Wildman–Crippen MR) is 66.8 cm³/mol. The molecule has 1 saturated carbocycles. The minimum atomic E-state index is -0.830. The molecule has 0 spiro atoms. The Kier molecular flexibility index (Phi) is 3.47. The fourth-order valence-corrected chi connectivity index (χ4v) is 2.28. The monoisotopic (exact) mass is 271 g/mol. The average Bonchev–Trinajstić information content (AvgIpc) is 3.08. The second-order valence-electron chi connectivity index (χ2n) is 6.25. The van der Waals surface area contributed by atoms with Crippen molar-refractivity contribution in [1.29, 1.82) is 0 Å². The van der Waals surface area contributed by atoms with E-state index in [-0.39, 0.29) is 0 Å². The summed E-state index contributed by atoms with van der Waals surface area (Å²) in [5, 5.41) is 9.25. The molecular formula is C13H21NO5. The van der Waals surface area contributed by atoms with Gasteiger partial charge in [-0.25, -0.2) is 4.79 Å². The Morgan fingerprint density at radius 2 is 2.00 bits per heavy atom. The number of hydrogen-bond donors (Lipinski definition) is 1. The van der Waals surface area contributed by atoms with Crippen LogP contribution in [0.25, 0.3) is 0 Å². The van der Waals surface area contributed by atoms with Gasteiger partial charge < -0.3 is 19.5 Å². The molecule has 19 heavy (non-hydrogen) atoms. The first-order valence-electron chi connectivity index (χ1n) is 6.57. The van der Waals surface area contributed by atoms with Gasteiger partial charge in [-0.2, -0.15) is 0 Å². The highest BCUT2D eigenvalue weighted by Gasteiger charge is 2.58. The first-order valence-corrected chi connectivity index (χ1v) is 6.57. The number of aliphatic carboxylic acids is 1. The lowest BCUT2D eigenvalue weighted by Crippen LogP contribution is -2.51. The molecule has 2 fully saturated rings. The van der Waals surface area contributed by atoms with Crippen molar-refractivity contribution in [3.05, 3.63) is 0 Å². The summed E-state index contributed by atoms with van der Waals surface area (Å²) in [6, 6.07) is 0. The van der Waals surface area contributed by atoms with Crippen molar-refractivity contribution >= 4 is 12.1 Å². The molecule has 0 aromatic rings. The van der Waals surface area contributed by atoms with Gasteiger partial charge in [-0.05, 0) is 33.6 Å². The van der Waals surface area contributed by atoms with Gasteiger partial charge in [-0.15, -0.1) is 0 Å². The van der Waals surface area contributed by atoms with Crippen LogP contribution in [-0.2, 0) is 14.3 Å². The summed E-state index contributed by atoms with van der Waals surface area (Å²) in [6.45, 7) is 6.52. The highest BCUT2D eigenvalue weighted by atomic mass is 16.6. The molecule has 2 rings (SSSR count). The number of amides is 1. The van der Waals surface area contributed by atoms with Gasteiger partial charge in [0.1, 0.15) is 5.60 Å². The summed E-state index contributed by atoms with van der Waals surface area (Å²) >= 11 is 0. The van der Waals surface area contributed by atoms with Crippen molar-refractivity contribution in [1.82, 2.24) is 4.90 Å². The third-order valence-corrected chi connectivity index (χ3v) is 3.55. The maximum atomic E-state index is 12.0. The van der Waals surface area contributed by atoms with Crippen LogP contribution in [0.3, 0.4) is 0 Å². The summed E-state index contributed by atoms with van der Waals surface area (Å²) < 4.78 is 10.8. The number of carbonyl (C=O) groups excluding carboxylic acids is 1. The minimum absolute atomic E-state index is 0.293. The molecule has 0 bridgehead atoms. The van der Waals surface area contributed by atoms with E-state index in [0.29, 0.717) is 32.5 Å². The third-order valence-electron chi connectivity index (χ3n) is 3.55. The van der Waals surface area contributed by atoms with Gasteiger partial charge in [0, 0.05) is 6.54 Å². The molecule has 1 atom stereocenters. The van der Waals surface area contributed by atoms with Crippen LogP contribution in [0.15, 0.2) is 0 Å². The fourth-order valence-electron chi connectivity index (χ4n) is 2.28. The van der Waals surface area contributed by atoms with Crippen LogP contribution in [0.5, 0.6) is 0 Å². The van der Waals surface area contributed by atoms with Gasteiger partial charge in [0.25, 0.3) is 0 Å². The van der Waals surface area contributed by atoms with Crippen LogP contribution in [0.4, 0.5) is 4.79 Å². The molecule has 1 unspecified atom stereocenters. The lowest BCUT2D eigenvalue weighted by Gasteiger charge is -2.36. The van der Waals surface area contributed by atoms with Crippen LogP contribution >= 0.6 is 0 Å². The number of rotatable bonds is 2. The number of carboxylic acids is 1. The molecule has 0 aromatic carbocycles. The molecule has 0 aromatic heterocycles. The Bertz CT molecular complexity index is 383. The van der Waals surface area contributed by atoms with Crippen LogP contribution in [0.1, 0.15) is 33.6 Å². The van der Waals surface area contributed by atoms with E-state index in [4.69, 9.17) is 9.47 Å². The first-order chi connectivity index (χ1) is 8.74. The van der Waals surface area contributed by atoms with Crippen molar-refractivity contribution in [3.8, 4) is 0 Å². The van der Waals surface area contributed by atoms with E-state index < -0.39 is 29.2 Å². The number of morpholine rings is 1. The molecule has 1 aliphatic heterocycles. The molecule has 1 N–H and O–H groups in total. The van der Waals surface area contributed by atoms with E-state index >= 15 is 0 Å². The van der Waals surface area contributed by atoms with Gasteiger partial charge in [0.05, 0.1) is 24.7 Å². The molecule has 2 aliphatic rings. The van der Waals surface area contributed by atoms with Gasteiger partial charge in [-0.1, -0.05) is 0 Å². The predicted octanol–water partition coefficient (Wildman–Crippen LogP) is 1.49. The maximum absolute atomic E-state index is 12.0. The van der Waals surface area contributed by atoms with Gasteiger partial charge >= 0.3 is 12.1 Å². The largest absolute Gasteiger partial charge is 0.481 e. The minimum Gasteiger partial charge on any atom is -0.481 e. The number of carbonyl (C=O) groups is 2. The molecule has 6 nitrogen and oxygen atoms in total. The summed E-state index contributed by atoms with van der Waals surface area (Å²) in [5.41, 5.74) is -1.34. The summed E-state index contributed by atoms with van der Waals surface area (Å²) in [4.78, 5) is 24.8. The van der Waals surface area contributed by atoms with Crippen LogP contribution < -0.4 is 0 Å². The number of nitrogens with zero attached hydrogens (tertiary/aromatic N) is 1. The Balaban J connectivity index is 1.98. The molecule has 0 radical (unpaired) electrons. The number of hydrogen-bond acceptors (Lipinski definition) is 4. The first kappa shape index (κ1) is 14.1. The number of carboxylic acid groups (broad SMARTS) is 1. The zero-order valence-electron chi connectivity index (χ0n) is 11.6. The molecule has 1 heterocycles. The smallest absolute Gasteiger partial charge is 0.410 e. The lowest BCUT2D eigenvalue weighted by molar-refractivity contribution is -0.154. The quantitative estimate of drug-likeness (QED) is 0.823. The molecule has 6 heteroatoms. The van der Waals surface area contributed by atoms with Crippen LogP contribution in [0, 0.1) is 5.41 Å². The topological polar surface area (TPSA) is 76.1 Å². The normalized spacial score (nSPS) is 25.8. The Morgan fingerprint density at radius 1 is 1.37 bits per heavy atom. The highest BCUT2D eigenvalue weighted by Crippen LogP contribution is 2.50. The van der Waals surface area contributed by atoms with E-state index in [2.05, 4.69) is 0 Å². The second-order valence-corrected chi connectivity index (χ2v) is 6.25. The third kappa shape index (κ3) is 3.00. The van der Waals surface area contributed by atoms with Gasteiger partial charge in [-0.3, -0.25) is 4.79 Å². The fraction of sp³-hybridized carbons (Fsp3) is 0.846. The van der Waals surface area contributed by atoms with Crippen molar-refractivity contribution in [2.45, 2.75) is 45.3 Å². The summed E-state index contributed by atoms with van der Waals surface area (Å²) in [7, 11) is 0. The van der Waals surface area contributed by atoms with E-state index in [9.17, 15) is 14.7 Å². The summed E-state index contributed by atoms with van der Waals surface area (Å²) in [5.74, 6) is -0.830. The van der Waals surface area contributed by atoms with Crippen LogP contribution in [-0.4, -0.2) is 53.5 Å². The van der Waals surface area contributed by atoms with Crippen molar-refractivity contribution in [2.75, 3.05) is 19.7 Å². The number of ether oxygens (including phenoxy) is 2. The van der Waals surface area contributed by atoms with Crippen LogP contribution in [0.2, 0.25) is 0 Å². The van der Waals surface area contributed by atoms with E-state index in [1.54, 1.807) is 4.90 Å². The molecule has 1 saturated heterocycles. The Morgan fingerprint density at radius 3 is 2.47 bits per heavy atom. The zero-order chi connectivity index (χ0) is 14.3. The maximum Gasteiger partial charge on any atom is 0.410 e. The second kappa shape index (κ2) is 4.67. The van der Waals surface area contributed by atoms with E-state index in [1.807, 2.05) is 20.8 Å². The lowest BCUT2D eigenvalue weighted by atomic mass is 9.98. The van der Waals surface area contributed by atoms with E-state index in [1.165, 1.54) is 0 Å². The van der Waals surface area contributed by atoms with Gasteiger partial charge in [0.15, 0.2) is 0 Å². The molecule has 108 valence electrons. The van der Waals surface area contributed by atoms with Crippen molar-refractivity contribution in [2.24, 2.45) is 5.41 Å². The molecule has 1 aliphatic carbocycles. The average molecular weight is 271 g/mol. The van der Waals surface area contributed by atoms with Crippen molar-refractivity contribution in [3.63, 3.8) is 0 Å². The SMILES string of the molecule is CC(C)(C)OC(=O)N1CCOC(C2(C(=O)O)CC2)C1.